The summed E-state index contributed by atoms with van der Waals surface area (Å²) in [7, 11) is 1.44. The van der Waals surface area contributed by atoms with Crippen molar-refractivity contribution in [2.45, 2.75) is 74.7 Å². The normalized spacial score (nSPS) is 17.8. The lowest BCUT2D eigenvalue weighted by atomic mass is 10.0. The number of halogens is 2. The Morgan fingerprint density at radius 3 is 2.69 bits per heavy atom. The molecule has 14 nitrogen and oxygen atoms in total. The number of amidine groups is 1. The van der Waals surface area contributed by atoms with Gasteiger partial charge in [-0.1, -0.05) is 36.2 Å². The molecule has 0 spiro atoms. The van der Waals surface area contributed by atoms with Crippen molar-refractivity contribution >= 4 is 58.6 Å². The number of urea groups is 1. The zero-order chi connectivity index (χ0) is 38.5. The van der Waals surface area contributed by atoms with Crippen LogP contribution in [0.4, 0.5) is 14.9 Å². The van der Waals surface area contributed by atoms with Gasteiger partial charge in [0.2, 0.25) is 17.7 Å². The zero-order valence-corrected chi connectivity index (χ0v) is 31.5. The van der Waals surface area contributed by atoms with E-state index in [1.165, 1.54) is 13.3 Å². The summed E-state index contributed by atoms with van der Waals surface area (Å²) in [6.45, 7) is -0.213. The monoisotopic (exact) mass is 784 g/mol. The lowest BCUT2D eigenvalue weighted by Crippen LogP contribution is -2.36. The van der Waals surface area contributed by atoms with E-state index >= 15 is 0 Å². The number of amides is 5. The van der Waals surface area contributed by atoms with Gasteiger partial charge >= 0.3 is 6.03 Å². The molecule has 2 aromatic carbocycles. The second kappa shape index (κ2) is 20.0. The first-order valence-corrected chi connectivity index (χ1v) is 19.4. The lowest BCUT2D eigenvalue weighted by molar-refractivity contribution is -0.121. The molecule has 5 amide bonds. The number of ether oxygens (including phenoxy) is 1. The molecule has 2 fully saturated rings. The molecule has 2 aliphatic rings. The van der Waals surface area contributed by atoms with Crippen LogP contribution in [-0.2, 0) is 9.59 Å². The second-order valence-corrected chi connectivity index (χ2v) is 14.7. The number of carbonyl (C=O) groups is 4. The molecule has 1 aromatic heterocycles. The van der Waals surface area contributed by atoms with Gasteiger partial charge < -0.3 is 41.1 Å². The van der Waals surface area contributed by atoms with E-state index in [-0.39, 0.29) is 58.7 Å². The summed E-state index contributed by atoms with van der Waals surface area (Å²) in [6.07, 6.45) is 6.08. The molecule has 3 aromatic rings. The summed E-state index contributed by atoms with van der Waals surface area (Å²) in [6, 6.07) is 11.5. The van der Waals surface area contributed by atoms with E-state index in [0.717, 1.165) is 25.0 Å². The molecular weight excluding hydrogens is 739 g/mol. The summed E-state index contributed by atoms with van der Waals surface area (Å²) in [5, 5.41) is 25.4. The topological polar surface area (TPSA) is 200 Å². The zero-order valence-electron chi connectivity index (χ0n) is 30.0. The van der Waals surface area contributed by atoms with Crippen molar-refractivity contribution in [1.29, 1.82) is 5.41 Å². The first-order valence-electron chi connectivity index (χ1n) is 18.0. The molecule has 0 bridgehead atoms. The third kappa shape index (κ3) is 11.3. The molecule has 1 unspecified atom stereocenters. The molecule has 2 aliphatic heterocycles. The van der Waals surface area contributed by atoms with E-state index in [1.54, 1.807) is 42.5 Å². The second-order valence-electron chi connectivity index (χ2n) is 13.0. The minimum absolute atomic E-state index is 0.0401. The number of methoxy groups -OCH3 is 1. The number of carbonyl (C=O) groups excluding carboxylic acids is 4. The highest BCUT2D eigenvalue weighted by atomic mass is 35.5. The van der Waals surface area contributed by atoms with Crippen LogP contribution in [0, 0.1) is 5.41 Å². The van der Waals surface area contributed by atoms with E-state index in [2.05, 4.69) is 36.9 Å². The van der Waals surface area contributed by atoms with Crippen LogP contribution >= 0.6 is 23.4 Å². The van der Waals surface area contributed by atoms with Gasteiger partial charge in [-0.15, -0.1) is 0 Å². The number of anilines is 1. The summed E-state index contributed by atoms with van der Waals surface area (Å²) in [4.78, 5) is 54.4. The smallest absolute Gasteiger partial charge is 0.315 e. The molecule has 17 heteroatoms. The summed E-state index contributed by atoms with van der Waals surface area (Å²) >= 11 is 8.21. The van der Waals surface area contributed by atoms with E-state index in [9.17, 15) is 23.6 Å². The Hall–Kier alpha value is -4.83. The Morgan fingerprint density at radius 1 is 1.07 bits per heavy atom. The number of unbranched alkanes of at least 4 members (excludes halogenated alkanes) is 1. The Bertz CT molecular complexity index is 1800. The van der Waals surface area contributed by atoms with Gasteiger partial charge in [0.1, 0.15) is 24.3 Å². The van der Waals surface area contributed by atoms with E-state index in [0.29, 0.717) is 66.8 Å². The predicted molar refractivity (Wildman–Crippen MR) is 206 cm³/mol. The average Bonchev–Trinajstić information content (AvgIpc) is 3.90. The molecule has 290 valence electrons. The maximum atomic E-state index is 13.4. The van der Waals surface area contributed by atoms with Gasteiger partial charge in [0.15, 0.2) is 5.76 Å². The number of nitrogens with one attached hydrogen (secondary N) is 7. The number of aromatic nitrogens is 1. The number of thioether (sulfide) groups is 1. The van der Waals surface area contributed by atoms with Crippen molar-refractivity contribution in [3.8, 4) is 17.1 Å². The van der Waals surface area contributed by atoms with Crippen LogP contribution in [0.3, 0.4) is 0 Å². The molecule has 0 saturated carbocycles. The van der Waals surface area contributed by atoms with Crippen LogP contribution in [0.5, 0.6) is 5.75 Å². The maximum Gasteiger partial charge on any atom is 0.315 e. The molecule has 5 rings (SSSR count). The lowest BCUT2D eigenvalue weighted by Gasteiger charge is -2.18. The van der Waals surface area contributed by atoms with Crippen LogP contribution < -0.4 is 36.6 Å². The van der Waals surface area contributed by atoms with Gasteiger partial charge in [-0.3, -0.25) is 19.8 Å². The molecule has 3 heterocycles. The fourth-order valence-corrected chi connectivity index (χ4v) is 8.17. The average molecular weight is 785 g/mol. The van der Waals surface area contributed by atoms with Crippen LogP contribution in [0.2, 0.25) is 5.02 Å². The van der Waals surface area contributed by atoms with E-state index in [1.807, 2.05) is 11.8 Å². The number of hydrogen-bond donors (Lipinski definition) is 7. The Labute approximate surface area is 322 Å². The fourth-order valence-electron chi connectivity index (χ4n) is 6.37. The molecule has 4 atom stereocenters. The number of benzene rings is 2. The fraction of sp³-hybridized carbons (Fsp3) is 0.459. The van der Waals surface area contributed by atoms with Crippen LogP contribution in [0.25, 0.3) is 11.3 Å². The van der Waals surface area contributed by atoms with Crippen LogP contribution in [0.15, 0.2) is 53.1 Å². The summed E-state index contributed by atoms with van der Waals surface area (Å²) in [5.74, 6) is 0.878. The van der Waals surface area contributed by atoms with Crippen molar-refractivity contribution in [3.63, 3.8) is 0 Å². The third-order valence-electron chi connectivity index (χ3n) is 9.11. The maximum absolute atomic E-state index is 13.4. The van der Waals surface area contributed by atoms with Crippen LogP contribution in [-0.4, -0.2) is 84.5 Å². The minimum atomic E-state index is -0.905. The third-order valence-corrected chi connectivity index (χ3v) is 10.9. The van der Waals surface area contributed by atoms with Gasteiger partial charge in [0, 0.05) is 48.2 Å². The molecule has 0 radical (unpaired) electrons. The Morgan fingerprint density at radius 2 is 1.87 bits per heavy atom. The van der Waals surface area contributed by atoms with Crippen molar-refractivity contribution in [3.05, 3.63) is 65.1 Å². The first-order chi connectivity index (χ1) is 26.1. The SMILES string of the molecule is COc1cccc(Cl)c1C(=O)NC(CCCNC(=N)CF)c1ncc(-c2cccc(NC(=O)CCCNC(=O)CCCC[C@@H]3SC[C@@H]4NC(=O)N[C@@H]43)c2)o1. The van der Waals surface area contributed by atoms with Crippen molar-refractivity contribution in [2.75, 3.05) is 37.9 Å². The number of oxazole rings is 1. The highest BCUT2D eigenvalue weighted by Crippen LogP contribution is 2.33. The minimum Gasteiger partial charge on any atom is -0.496 e. The van der Waals surface area contributed by atoms with Gasteiger partial charge in [-0.25, -0.2) is 14.2 Å². The molecular formula is C37H46ClFN8O6S. The quantitative estimate of drug-likeness (QED) is 0.0342. The number of rotatable bonds is 20. The van der Waals surface area contributed by atoms with Gasteiger partial charge in [-0.2, -0.15) is 11.8 Å². The van der Waals surface area contributed by atoms with Gasteiger partial charge in [0.25, 0.3) is 5.91 Å². The number of hydrogen-bond acceptors (Lipinski definition) is 9. The predicted octanol–water partition coefficient (Wildman–Crippen LogP) is 5.35. The largest absolute Gasteiger partial charge is 0.496 e. The summed E-state index contributed by atoms with van der Waals surface area (Å²) in [5.41, 5.74) is 1.35. The molecule has 54 heavy (non-hydrogen) atoms. The number of alkyl halides is 1. The molecule has 2 saturated heterocycles. The van der Waals surface area contributed by atoms with Gasteiger partial charge in [-0.05, 0) is 56.4 Å². The van der Waals surface area contributed by atoms with Crippen molar-refractivity contribution in [1.82, 2.24) is 31.6 Å². The number of fused-ring (bicyclic) bond motifs is 1. The van der Waals surface area contributed by atoms with E-state index < -0.39 is 18.6 Å². The van der Waals surface area contributed by atoms with Gasteiger partial charge in [0.05, 0.1) is 36.0 Å². The van der Waals surface area contributed by atoms with Crippen molar-refractivity contribution < 1.29 is 32.7 Å². The summed E-state index contributed by atoms with van der Waals surface area (Å²) < 4.78 is 24.2. The highest BCUT2D eigenvalue weighted by Gasteiger charge is 2.42. The Balaban J connectivity index is 1.08. The highest BCUT2D eigenvalue weighted by molar-refractivity contribution is 8.00. The first kappa shape index (κ1) is 40.4. The van der Waals surface area contributed by atoms with Crippen molar-refractivity contribution in [2.24, 2.45) is 0 Å². The van der Waals surface area contributed by atoms with E-state index in [4.69, 9.17) is 26.2 Å². The molecule has 7 N–H and O–H groups in total. The standard InChI is InChI=1S/C37H46ClFN8O6S/c1-52-27-12-5-10-24(38)33(27)35(50)45-25(11-6-16-41-30(40)19-39)36-43-20-28(53-36)22-8-4-9-23(18-22)44-32(49)15-7-17-42-31(48)14-3-2-13-29-34-26(21-54-29)46-37(51)47-34/h4-5,8-10,12,18,20,25-26,29,34H,2-3,6-7,11,13-17,19,21H2,1H3,(H2,40,41)(H,42,48)(H,44,49)(H,45,50)(H2,46,47,51)/t25?,26-,29-,34-/m0/s1. The molecule has 0 aliphatic carbocycles. The van der Waals surface area contributed by atoms with Crippen LogP contribution in [0.1, 0.15) is 73.7 Å². The number of nitrogens with zero attached hydrogens (tertiary/aromatic N) is 1. The Kier molecular flexibility index (Phi) is 15.0.